The Morgan fingerprint density at radius 1 is 0.692 bits per heavy atom. The number of nitrogens with zero attached hydrogens (tertiary/aromatic N) is 1. The number of Topliss-reactive ketones (excluding diaryl/α,β-unsaturated/α-hetero) is 2. The largest absolute Gasteiger partial charge is 0.459 e. The molecule has 1 aliphatic carbocycles. The van der Waals surface area contributed by atoms with E-state index in [2.05, 4.69) is 5.32 Å². The first-order valence-electron chi connectivity index (χ1n) is 33.1. The Bertz CT molecular complexity index is 2250. The van der Waals surface area contributed by atoms with Gasteiger partial charge in [0, 0.05) is 77.7 Å². The van der Waals surface area contributed by atoms with E-state index >= 15 is 0 Å². The van der Waals surface area contributed by atoms with Crippen LogP contribution in [0.3, 0.4) is 0 Å². The second-order valence-corrected chi connectivity index (χ2v) is 24.7. The molecule has 24 heteroatoms. The van der Waals surface area contributed by atoms with E-state index in [0.717, 1.165) is 5.57 Å². The standard InChI is InChI=1S/C67H113N3O21/c1-11-82-27-28-84-31-32-86-35-36-88-38-37-87-34-33-85-30-29-83-26-24-69-66(77)90-55-23-21-51(42-59(55)81-10)41-53(68)58-44-57(80-9)47(4)40-49(6)61(72)62(73)60(71)48(5)39-45(2)17-13-12-14-18-46(3)56(79-8)43-52-22-20-50(7)67(78,91-52)63(74)64(75)70-25-16-15-19-54(70)65(76)89-58/h12-14,17-18,40,45,47-48,50-59,61-62,72-73,78H,11,15-16,19-39,41-44,68H2,1-10H3,(H,69,77)/b14-12+,17-13+,46-18+,49-40+/t45-,47-,48-,50-,51+,52+,53-,54+,55-,56+,57-,58+,59-,61-,62+,67-/m1/s1. The van der Waals surface area contributed by atoms with Crippen LogP contribution in [-0.2, 0) is 80.8 Å². The number of carbonyl (C=O) groups is 5. The number of carbonyl (C=O) groups excluding carboxylic acids is 5. The molecule has 3 heterocycles. The molecule has 522 valence electrons. The normalized spacial score (nSPS) is 33.0. The fourth-order valence-electron chi connectivity index (χ4n) is 12.1. The quantitative estimate of drug-likeness (QED) is 0.0266. The molecule has 91 heavy (non-hydrogen) atoms. The van der Waals surface area contributed by atoms with Crippen LogP contribution in [0.4, 0.5) is 4.79 Å². The summed E-state index contributed by atoms with van der Waals surface area (Å²) in [4.78, 5) is 71.4. The number of aliphatic hydroxyl groups excluding tert-OH is 2. The maximum absolute atomic E-state index is 14.7. The van der Waals surface area contributed by atoms with Crippen LogP contribution in [0.25, 0.3) is 0 Å². The molecule has 4 aliphatic rings. The van der Waals surface area contributed by atoms with Gasteiger partial charge in [-0.05, 0) is 108 Å². The van der Waals surface area contributed by atoms with Crippen LogP contribution < -0.4 is 11.1 Å². The molecule has 0 aromatic heterocycles. The van der Waals surface area contributed by atoms with Gasteiger partial charge in [-0.25, -0.2) is 9.59 Å². The first-order chi connectivity index (χ1) is 43.7. The average Bonchev–Trinajstić information content (AvgIpc) is 0.799. The third-order valence-electron chi connectivity index (χ3n) is 17.6. The Hall–Kier alpha value is -4.09. The van der Waals surface area contributed by atoms with Gasteiger partial charge >= 0.3 is 12.1 Å². The summed E-state index contributed by atoms with van der Waals surface area (Å²) in [7, 11) is 4.61. The number of piperidine rings is 1. The number of methoxy groups -OCH3 is 3. The van der Waals surface area contributed by atoms with Gasteiger partial charge in [-0.1, -0.05) is 64.2 Å². The topological polar surface area (TPSA) is 307 Å². The molecule has 0 unspecified atom stereocenters. The minimum absolute atomic E-state index is 0.0470. The van der Waals surface area contributed by atoms with Crippen molar-refractivity contribution in [1.29, 1.82) is 0 Å². The number of fused-ring (bicyclic) bond motifs is 3. The Labute approximate surface area is 540 Å². The molecule has 0 aromatic carbocycles. The molecule has 1 saturated carbocycles. The van der Waals surface area contributed by atoms with Crippen molar-refractivity contribution in [3.05, 3.63) is 47.6 Å². The van der Waals surface area contributed by atoms with E-state index < -0.39 is 114 Å². The van der Waals surface area contributed by atoms with Gasteiger partial charge in [-0.15, -0.1) is 0 Å². The second kappa shape index (κ2) is 43.8. The maximum Gasteiger partial charge on any atom is 0.407 e. The van der Waals surface area contributed by atoms with Gasteiger partial charge in [0.1, 0.15) is 30.5 Å². The van der Waals surface area contributed by atoms with Gasteiger partial charge in [0.25, 0.3) is 11.7 Å². The van der Waals surface area contributed by atoms with Crippen molar-refractivity contribution >= 4 is 29.5 Å². The number of nitrogens with two attached hydrogens (primary N) is 1. The van der Waals surface area contributed by atoms with Crippen LogP contribution in [0.2, 0.25) is 0 Å². The number of hydrogen-bond acceptors (Lipinski definition) is 22. The average molecular weight is 1300 g/mol. The number of ether oxygens (including phenoxy) is 13. The Balaban J connectivity index is 1.38. The van der Waals surface area contributed by atoms with Crippen molar-refractivity contribution in [3.63, 3.8) is 0 Å². The lowest BCUT2D eigenvalue weighted by atomic mass is 9.80. The van der Waals surface area contributed by atoms with Crippen LogP contribution in [0.15, 0.2) is 47.6 Å². The number of esters is 1. The SMILES string of the molecule is CCOCCOCCOCCOCCOCCOCCOCCNC(=O)O[C@@H]1CC[C@@H](C[C@@H](N)[C@@H]2C[C@@H](OC)[C@H](C)/C=C(\C)[C@@H](O)[C@@H](O)C(=O)[C@H](C)C[C@H](C)/C=C/C=C/C=C(\C)[C@@H](OC)C[C@@H]3CC[C@@H](C)[C@@](O)(O3)C(=O)C(=O)N3CCCC[C@H]3C(=O)O2)C[C@H]1OC. The monoisotopic (exact) mass is 1300 g/mol. The Morgan fingerprint density at radius 2 is 1.30 bits per heavy atom. The lowest BCUT2D eigenvalue weighted by Gasteiger charge is -2.43. The van der Waals surface area contributed by atoms with Crippen LogP contribution in [0.1, 0.15) is 126 Å². The zero-order chi connectivity index (χ0) is 66.7. The van der Waals surface area contributed by atoms with Crippen molar-refractivity contribution in [1.82, 2.24) is 10.2 Å². The highest BCUT2D eigenvalue weighted by atomic mass is 16.6. The third kappa shape index (κ3) is 27.6. The number of nitrogens with one attached hydrogen (secondary N) is 1. The molecule has 3 fully saturated rings. The summed E-state index contributed by atoms with van der Waals surface area (Å²) in [5.41, 5.74) is 8.32. The zero-order valence-corrected chi connectivity index (χ0v) is 56.1. The number of alkyl carbamates (subject to hydrolysis) is 1. The van der Waals surface area contributed by atoms with E-state index in [-0.39, 0.29) is 50.8 Å². The van der Waals surface area contributed by atoms with Crippen molar-refractivity contribution in [3.8, 4) is 0 Å². The summed E-state index contributed by atoms with van der Waals surface area (Å²) in [5, 5.41) is 37.5. The smallest absolute Gasteiger partial charge is 0.407 e. The molecular formula is C67H113N3O21. The van der Waals surface area contributed by atoms with Gasteiger partial charge < -0.3 is 92.8 Å². The van der Waals surface area contributed by atoms with Gasteiger partial charge in [0.15, 0.2) is 5.78 Å². The number of hydrogen-bond donors (Lipinski definition) is 5. The molecular weight excluding hydrogens is 1180 g/mol. The predicted octanol–water partition coefficient (Wildman–Crippen LogP) is 5.53. The molecule has 4 rings (SSSR count). The Morgan fingerprint density at radius 3 is 1.89 bits per heavy atom. The van der Waals surface area contributed by atoms with E-state index in [1.165, 1.54) is 12.0 Å². The maximum atomic E-state index is 14.7. The number of amides is 2. The Kier molecular flexibility index (Phi) is 38.2. The van der Waals surface area contributed by atoms with Gasteiger partial charge in [-0.2, -0.15) is 0 Å². The van der Waals surface area contributed by atoms with E-state index in [0.29, 0.717) is 149 Å². The lowest BCUT2D eigenvalue weighted by molar-refractivity contribution is -0.265. The number of aliphatic hydroxyl groups is 3. The summed E-state index contributed by atoms with van der Waals surface area (Å²) >= 11 is 0. The molecule has 6 N–H and O–H groups in total. The molecule has 2 saturated heterocycles. The van der Waals surface area contributed by atoms with Gasteiger partial charge in [0.2, 0.25) is 5.79 Å². The van der Waals surface area contributed by atoms with E-state index in [1.54, 1.807) is 41.1 Å². The van der Waals surface area contributed by atoms with Gasteiger partial charge in [-0.3, -0.25) is 14.4 Å². The molecule has 2 bridgehead atoms. The van der Waals surface area contributed by atoms with Crippen molar-refractivity contribution in [2.24, 2.45) is 35.3 Å². The molecule has 2 amide bonds. The van der Waals surface area contributed by atoms with Crippen LogP contribution >= 0.6 is 0 Å². The van der Waals surface area contributed by atoms with Crippen LogP contribution in [0.5, 0.6) is 0 Å². The minimum atomic E-state index is -2.47. The molecule has 0 radical (unpaired) electrons. The first-order valence-corrected chi connectivity index (χ1v) is 33.1. The number of rotatable bonds is 29. The number of allylic oxidation sites excluding steroid dienone is 5. The summed E-state index contributed by atoms with van der Waals surface area (Å²) in [6.45, 7) is 19.3. The minimum Gasteiger partial charge on any atom is -0.459 e. The van der Waals surface area contributed by atoms with E-state index in [1.807, 2.05) is 58.1 Å². The van der Waals surface area contributed by atoms with E-state index in [4.69, 9.17) is 67.3 Å². The highest BCUT2D eigenvalue weighted by Crippen LogP contribution is 2.38. The summed E-state index contributed by atoms with van der Waals surface area (Å²) in [6.07, 6.45) is 8.17. The summed E-state index contributed by atoms with van der Waals surface area (Å²) in [6, 6.07) is -2.00. The molecule has 3 aliphatic heterocycles. The van der Waals surface area contributed by atoms with Crippen molar-refractivity contribution in [2.45, 2.75) is 192 Å². The predicted molar refractivity (Wildman–Crippen MR) is 339 cm³/mol. The first kappa shape index (κ1) is 79.3. The fourth-order valence-corrected chi connectivity index (χ4v) is 12.1. The van der Waals surface area contributed by atoms with Gasteiger partial charge in [0.05, 0.1) is 110 Å². The molecule has 24 nitrogen and oxygen atoms in total. The van der Waals surface area contributed by atoms with Crippen molar-refractivity contribution < 1.29 is 101 Å². The number of cyclic esters (lactones) is 1. The molecule has 0 aromatic rings. The third-order valence-corrected chi connectivity index (χ3v) is 17.6. The van der Waals surface area contributed by atoms with E-state index in [9.17, 15) is 39.3 Å². The number of ketones is 2. The summed E-state index contributed by atoms with van der Waals surface area (Å²) in [5.74, 6) is -7.88. The van der Waals surface area contributed by atoms with Crippen LogP contribution in [0, 0.1) is 29.6 Å². The highest BCUT2D eigenvalue weighted by molar-refractivity contribution is 6.39. The lowest BCUT2D eigenvalue weighted by Crippen LogP contribution is -2.61. The zero-order valence-electron chi connectivity index (χ0n) is 56.1. The highest BCUT2D eigenvalue weighted by Gasteiger charge is 2.53. The molecule has 0 spiro atoms. The summed E-state index contributed by atoms with van der Waals surface area (Å²) < 4.78 is 74.6. The van der Waals surface area contributed by atoms with Crippen LogP contribution in [-0.4, -0.2) is 243 Å². The molecule has 16 atom stereocenters. The van der Waals surface area contributed by atoms with Crippen molar-refractivity contribution in [2.75, 3.05) is 127 Å². The fraction of sp³-hybridized carbons (Fsp3) is 0.806. The second-order valence-electron chi connectivity index (χ2n) is 24.7.